The molecule has 2 heterocycles. The summed E-state index contributed by atoms with van der Waals surface area (Å²) < 4.78 is 26.4. The molecule has 0 atom stereocenters. The largest absolute Gasteiger partial charge is 0.525 e. The summed E-state index contributed by atoms with van der Waals surface area (Å²) in [6.07, 6.45) is 0. The van der Waals surface area contributed by atoms with Crippen molar-refractivity contribution in [1.82, 2.24) is 0 Å². The number of hydrogen-bond donors (Lipinski definition) is 0. The number of rotatable bonds is 2. The van der Waals surface area contributed by atoms with Crippen LogP contribution in [0, 0.1) is 0 Å². The van der Waals surface area contributed by atoms with E-state index in [9.17, 15) is 4.39 Å². The summed E-state index contributed by atoms with van der Waals surface area (Å²) in [6.45, 7) is 9.16. The van der Waals surface area contributed by atoms with Crippen LogP contribution in [0.5, 0.6) is 0 Å². The molecular weight excluding hydrogens is 321 g/mol. The van der Waals surface area contributed by atoms with E-state index < -0.39 is 24.0 Å². The summed E-state index contributed by atoms with van der Waals surface area (Å²) in [5, 5.41) is 2.09. The van der Waals surface area contributed by atoms with Gasteiger partial charge in [-0.25, -0.2) is 4.39 Å². The average molecular weight is 337 g/mol. The Morgan fingerprint density at radius 2 is 1.70 bits per heavy atom. The van der Waals surface area contributed by atoms with Gasteiger partial charge in [-0.15, -0.1) is 11.3 Å². The van der Waals surface area contributed by atoms with Crippen LogP contribution in [-0.4, -0.2) is 18.3 Å². The van der Waals surface area contributed by atoms with Crippen LogP contribution in [0.15, 0.2) is 11.1 Å². The van der Waals surface area contributed by atoms with E-state index in [1.54, 1.807) is 12.3 Å². The zero-order valence-corrected chi connectivity index (χ0v) is 14.3. The predicted molar refractivity (Wildman–Crippen MR) is 84.1 cm³/mol. The van der Waals surface area contributed by atoms with Crippen molar-refractivity contribution in [2.24, 2.45) is 0 Å². The summed E-state index contributed by atoms with van der Waals surface area (Å²) in [5.74, 6) is 0. The first-order valence-corrected chi connectivity index (χ1v) is 7.85. The third-order valence-electron chi connectivity index (χ3n) is 3.91. The highest BCUT2D eigenvalue weighted by Crippen LogP contribution is 2.42. The first-order valence-electron chi connectivity index (χ1n) is 6.21. The van der Waals surface area contributed by atoms with Crippen LogP contribution >= 0.6 is 34.5 Å². The molecule has 2 rings (SSSR count). The Hall–Kier alpha value is -0.0651. The Labute approximate surface area is 133 Å². The smallest absolute Gasteiger partial charge is 0.398 e. The molecule has 1 aromatic rings. The lowest BCUT2D eigenvalue weighted by Crippen LogP contribution is -2.41. The molecule has 0 bridgehead atoms. The summed E-state index contributed by atoms with van der Waals surface area (Å²) in [5.41, 5.74) is -0.665. The average Bonchev–Trinajstić information content (AvgIpc) is 2.76. The second kappa shape index (κ2) is 5.29. The molecule has 0 spiro atoms. The number of thiophene rings is 1. The minimum absolute atomic E-state index is 0.362. The molecule has 0 radical (unpaired) electrons. The minimum atomic E-state index is -1.02. The zero-order valence-electron chi connectivity index (χ0n) is 12.0. The fraction of sp³-hybridized carbons (Fsp3) is 0.538. The van der Waals surface area contributed by atoms with Crippen molar-refractivity contribution in [2.75, 3.05) is 0 Å². The number of halogens is 3. The lowest BCUT2D eigenvalue weighted by molar-refractivity contribution is 0.00578. The molecule has 0 N–H and O–H groups in total. The van der Waals surface area contributed by atoms with Gasteiger partial charge < -0.3 is 9.31 Å². The molecular formula is C13H16BCl2FO2S. The van der Waals surface area contributed by atoms with Gasteiger partial charge in [0, 0.05) is 10.9 Å². The van der Waals surface area contributed by atoms with Gasteiger partial charge >= 0.3 is 7.12 Å². The van der Waals surface area contributed by atoms with Gasteiger partial charge in [-0.2, -0.15) is 0 Å². The van der Waals surface area contributed by atoms with Gasteiger partial charge in [-0.05, 0) is 40.2 Å². The topological polar surface area (TPSA) is 18.5 Å². The maximum absolute atomic E-state index is 14.6. The Bertz CT molecular complexity index is 553. The van der Waals surface area contributed by atoms with Crippen LogP contribution in [0.1, 0.15) is 40.2 Å². The van der Waals surface area contributed by atoms with Gasteiger partial charge in [0.05, 0.1) is 16.2 Å². The highest BCUT2D eigenvalue weighted by atomic mass is 35.5. The van der Waals surface area contributed by atoms with E-state index in [1.165, 1.54) is 11.3 Å². The van der Waals surface area contributed by atoms with Gasteiger partial charge in [0.1, 0.15) is 10.1 Å². The van der Waals surface area contributed by atoms with Crippen LogP contribution in [0.4, 0.5) is 4.39 Å². The summed E-state index contributed by atoms with van der Waals surface area (Å²) in [6, 6.07) is 0. The van der Waals surface area contributed by atoms with Crippen molar-refractivity contribution in [1.29, 1.82) is 0 Å². The standard InChI is InChI=1S/C13H16BCl2FO2S/c1-7(8-6-20-11(16)9(8)15)10(17)14-18-12(2,3)13(4,5)19-14/h6H,1-5H3. The van der Waals surface area contributed by atoms with Crippen molar-refractivity contribution >= 4 is 47.2 Å². The Morgan fingerprint density at radius 1 is 1.20 bits per heavy atom. The normalized spacial score (nSPS) is 22.1. The quantitative estimate of drug-likeness (QED) is 0.674. The molecule has 1 aliphatic rings. The van der Waals surface area contributed by atoms with Crippen molar-refractivity contribution in [3.05, 3.63) is 26.0 Å². The van der Waals surface area contributed by atoms with E-state index in [0.717, 1.165) is 0 Å². The maximum atomic E-state index is 14.6. The Kier molecular flexibility index (Phi) is 4.31. The molecule has 1 saturated heterocycles. The molecule has 0 amide bonds. The number of hydrogen-bond acceptors (Lipinski definition) is 3. The molecule has 2 nitrogen and oxygen atoms in total. The molecule has 0 aliphatic carbocycles. The Balaban J connectivity index is 2.34. The van der Waals surface area contributed by atoms with E-state index in [0.29, 0.717) is 20.5 Å². The molecule has 0 saturated carbocycles. The van der Waals surface area contributed by atoms with Gasteiger partial charge in [-0.1, -0.05) is 23.2 Å². The fourth-order valence-corrected chi connectivity index (χ4v) is 3.18. The van der Waals surface area contributed by atoms with Crippen molar-refractivity contribution in [2.45, 2.75) is 45.8 Å². The van der Waals surface area contributed by atoms with Crippen LogP contribution < -0.4 is 0 Å². The number of allylic oxidation sites excluding steroid dienone is 1. The summed E-state index contributed by atoms with van der Waals surface area (Å²) in [7, 11) is -1.02. The van der Waals surface area contributed by atoms with Crippen LogP contribution in [-0.2, 0) is 9.31 Å². The maximum Gasteiger partial charge on any atom is 0.525 e. The van der Waals surface area contributed by atoms with E-state index >= 15 is 0 Å². The van der Waals surface area contributed by atoms with Crippen LogP contribution in [0.25, 0.3) is 5.57 Å². The van der Waals surface area contributed by atoms with Gasteiger partial charge in [0.2, 0.25) is 0 Å². The highest BCUT2D eigenvalue weighted by molar-refractivity contribution is 7.15. The van der Waals surface area contributed by atoms with E-state index in [1.807, 2.05) is 27.7 Å². The molecule has 0 unspecified atom stereocenters. The molecule has 1 aliphatic heterocycles. The zero-order chi connectivity index (χ0) is 15.3. The lowest BCUT2D eigenvalue weighted by Gasteiger charge is -2.32. The SMILES string of the molecule is CC(=C(F)B1OC(C)(C)C(C)(C)O1)c1csc(Cl)c1Cl. The van der Waals surface area contributed by atoms with E-state index in [-0.39, 0.29) is 0 Å². The molecule has 0 aromatic carbocycles. The minimum Gasteiger partial charge on any atom is -0.398 e. The molecule has 7 heteroatoms. The molecule has 20 heavy (non-hydrogen) atoms. The third kappa shape index (κ3) is 2.66. The van der Waals surface area contributed by atoms with E-state index in [4.69, 9.17) is 32.5 Å². The molecule has 1 aromatic heterocycles. The van der Waals surface area contributed by atoms with Gasteiger partial charge in [0.25, 0.3) is 0 Å². The lowest BCUT2D eigenvalue weighted by atomic mass is 9.84. The predicted octanol–water partition coefficient (Wildman–Crippen LogP) is 5.39. The second-order valence-electron chi connectivity index (χ2n) is 5.80. The van der Waals surface area contributed by atoms with Crippen LogP contribution in [0.3, 0.4) is 0 Å². The molecule has 110 valence electrons. The van der Waals surface area contributed by atoms with Crippen molar-refractivity contribution in [3.8, 4) is 0 Å². The van der Waals surface area contributed by atoms with Crippen molar-refractivity contribution in [3.63, 3.8) is 0 Å². The monoisotopic (exact) mass is 336 g/mol. The van der Waals surface area contributed by atoms with E-state index in [2.05, 4.69) is 0 Å². The molecule has 1 fully saturated rings. The van der Waals surface area contributed by atoms with Crippen LogP contribution in [0.2, 0.25) is 9.36 Å². The first kappa shape index (κ1) is 16.3. The second-order valence-corrected chi connectivity index (χ2v) is 7.66. The summed E-state index contributed by atoms with van der Waals surface area (Å²) >= 11 is 13.2. The summed E-state index contributed by atoms with van der Waals surface area (Å²) in [4.78, 5) is 0. The van der Waals surface area contributed by atoms with Crippen molar-refractivity contribution < 1.29 is 13.7 Å². The van der Waals surface area contributed by atoms with Gasteiger partial charge in [-0.3, -0.25) is 0 Å². The third-order valence-corrected chi connectivity index (χ3v) is 5.73. The van der Waals surface area contributed by atoms with Gasteiger partial charge in [0.15, 0.2) is 0 Å². The highest BCUT2D eigenvalue weighted by Gasteiger charge is 2.53. The fourth-order valence-electron chi connectivity index (χ4n) is 1.82. The first-order chi connectivity index (χ1) is 9.07. The Morgan fingerprint density at radius 3 is 2.10 bits per heavy atom.